The quantitative estimate of drug-likeness (QED) is 0.909. The molecule has 2 atom stereocenters. The lowest BCUT2D eigenvalue weighted by Crippen LogP contribution is -2.27. The van der Waals surface area contributed by atoms with E-state index in [2.05, 4.69) is 25.7 Å². The first-order chi connectivity index (χ1) is 9.77. The van der Waals surface area contributed by atoms with Crippen molar-refractivity contribution in [3.8, 4) is 0 Å². The van der Waals surface area contributed by atoms with E-state index in [0.717, 1.165) is 25.6 Å². The van der Waals surface area contributed by atoms with Crippen molar-refractivity contribution in [3.05, 3.63) is 35.1 Å². The fraction of sp³-hybridized carbons (Fsp3) is 0.667. The van der Waals surface area contributed by atoms with Gasteiger partial charge >= 0.3 is 0 Å². The topological polar surface area (TPSA) is 23.5 Å². The molecule has 0 radical (unpaired) electrons. The number of aliphatic hydroxyl groups is 1. The van der Waals surface area contributed by atoms with Gasteiger partial charge in [-0.25, -0.2) is 4.39 Å². The number of aliphatic hydroxyl groups excluding tert-OH is 1. The van der Waals surface area contributed by atoms with Crippen molar-refractivity contribution >= 4 is 0 Å². The minimum absolute atomic E-state index is 0.236. The Kier molecular flexibility index (Phi) is 5.05. The molecule has 0 aliphatic carbocycles. The smallest absolute Gasteiger partial charge is 0.126 e. The molecule has 2 nitrogen and oxygen atoms in total. The van der Waals surface area contributed by atoms with Gasteiger partial charge < -0.3 is 10.0 Å². The van der Waals surface area contributed by atoms with Gasteiger partial charge in [-0.1, -0.05) is 32.9 Å². The van der Waals surface area contributed by atoms with Gasteiger partial charge in [0.25, 0.3) is 0 Å². The summed E-state index contributed by atoms with van der Waals surface area (Å²) in [6.45, 7) is 11.7. The summed E-state index contributed by atoms with van der Waals surface area (Å²) in [6.07, 6.45) is 1.33. The third kappa shape index (κ3) is 4.27. The highest BCUT2D eigenvalue weighted by molar-refractivity contribution is 5.24. The van der Waals surface area contributed by atoms with Crippen LogP contribution in [0.15, 0.2) is 18.2 Å². The Hall–Kier alpha value is -0.930. The highest BCUT2D eigenvalue weighted by Crippen LogP contribution is 2.33. The van der Waals surface area contributed by atoms with Crippen molar-refractivity contribution in [2.45, 2.75) is 46.6 Å². The second kappa shape index (κ2) is 6.45. The molecule has 0 amide bonds. The van der Waals surface area contributed by atoms with Gasteiger partial charge in [0.05, 0.1) is 6.10 Å². The van der Waals surface area contributed by atoms with E-state index in [1.54, 1.807) is 13.0 Å². The van der Waals surface area contributed by atoms with Crippen LogP contribution in [0.2, 0.25) is 0 Å². The van der Waals surface area contributed by atoms with E-state index >= 15 is 0 Å². The summed E-state index contributed by atoms with van der Waals surface area (Å²) in [7, 11) is 0. The standard InChI is InChI=1S/C18H28FNO/c1-13-5-6-14(11-16(13)19)17(21)8-10-20-9-7-15(12-20)18(2,3)4/h5-6,11,15,17,21H,7-10,12H2,1-4H3. The molecule has 0 aromatic heterocycles. The van der Waals surface area contributed by atoms with Gasteiger partial charge in [0.2, 0.25) is 0 Å². The minimum atomic E-state index is -0.575. The molecule has 1 N–H and O–H groups in total. The Morgan fingerprint density at radius 3 is 2.67 bits per heavy atom. The molecule has 0 saturated carbocycles. The van der Waals surface area contributed by atoms with Crippen molar-refractivity contribution in [2.24, 2.45) is 11.3 Å². The Bertz CT molecular complexity index is 481. The van der Waals surface area contributed by atoms with E-state index in [1.165, 1.54) is 12.5 Å². The van der Waals surface area contributed by atoms with Gasteiger partial charge in [0.1, 0.15) is 5.82 Å². The number of benzene rings is 1. The Balaban J connectivity index is 1.84. The number of halogens is 1. The van der Waals surface area contributed by atoms with E-state index in [1.807, 2.05) is 6.07 Å². The van der Waals surface area contributed by atoms with E-state index < -0.39 is 6.10 Å². The molecule has 3 heteroatoms. The van der Waals surface area contributed by atoms with Gasteiger partial charge in [0, 0.05) is 13.1 Å². The maximum absolute atomic E-state index is 13.5. The molecule has 0 spiro atoms. The summed E-state index contributed by atoms with van der Waals surface area (Å²) in [5.74, 6) is 0.493. The first-order valence-corrected chi connectivity index (χ1v) is 7.94. The number of hydrogen-bond donors (Lipinski definition) is 1. The lowest BCUT2D eigenvalue weighted by Gasteiger charge is -2.27. The number of nitrogens with zero attached hydrogens (tertiary/aromatic N) is 1. The van der Waals surface area contributed by atoms with Crippen LogP contribution < -0.4 is 0 Å². The summed E-state index contributed by atoms with van der Waals surface area (Å²) in [6, 6.07) is 5.02. The summed E-state index contributed by atoms with van der Waals surface area (Å²) in [5, 5.41) is 10.2. The van der Waals surface area contributed by atoms with Crippen LogP contribution in [0.3, 0.4) is 0 Å². The van der Waals surface area contributed by atoms with Crippen molar-refractivity contribution in [2.75, 3.05) is 19.6 Å². The SMILES string of the molecule is Cc1ccc(C(O)CCN2CCC(C(C)(C)C)C2)cc1F. The molecule has 118 valence electrons. The van der Waals surface area contributed by atoms with E-state index in [4.69, 9.17) is 0 Å². The molecule has 21 heavy (non-hydrogen) atoms. The van der Waals surface area contributed by atoms with Crippen molar-refractivity contribution in [1.29, 1.82) is 0 Å². The largest absolute Gasteiger partial charge is 0.388 e. The number of hydrogen-bond acceptors (Lipinski definition) is 2. The first-order valence-electron chi connectivity index (χ1n) is 7.94. The Morgan fingerprint density at radius 1 is 1.38 bits per heavy atom. The molecular formula is C18H28FNO. The van der Waals surface area contributed by atoms with E-state index in [0.29, 0.717) is 23.0 Å². The van der Waals surface area contributed by atoms with Crippen LogP contribution in [0.25, 0.3) is 0 Å². The zero-order valence-corrected chi connectivity index (χ0v) is 13.7. The molecule has 1 aromatic carbocycles. The van der Waals surface area contributed by atoms with E-state index in [-0.39, 0.29) is 5.82 Å². The van der Waals surface area contributed by atoms with Crippen molar-refractivity contribution in [1.82, 2.24) is 4.90 Å². The average Bonchev–Trinajstić information content (AvgIpc) is 2.88. The molecule has 2 unspecified atom stereocenters. The Labute approximate surface area is 128 Å². The van der Waals surface area contributed by atoms with Crippen LogP contribution >= 0.6 is 0 Å². The van der Waals surface area contributed by atoms with Gasteiger partial charge in [-0.3, -0.25) is 0 Å². The maximum atomic E-state index is 13.5. The van der Waals surface area contributed by atoms with Crippen molar-refractivity contribution < 1.29 is 9.50 Å². The molecular weight excluding hydrogens is 265 g/mol. The second-order valence-electron chi connectivity index (χ2n) is 7.47. The summed E-state index contributed by atoms with van der Waals surface area (Å²) in [5.41, 5.74) is 1.66. The van der Waals surface area contributed by atoms with Crippen LogP contribution in [-0.4, -0.2) is 29.6 Å². The molecule has 1 saturated heterocycles. The van der Waals surface area contributed by atoms with Crippen LogP contribution in [0.5, 0.6) is 0 Å². The molecule has 2 rings (SSSR count). The second-order valence-corrected chi connectivity index (χ2v) is 7.47. The van der Waals surface area contributed by atoms with Crippen LogP contribution in [0.4, 0.5) is 4.39 Å². The molecule has 1 heterocycles. The summed E-state index contributed by atoms with van der Waals surface area (Å²) in [4.78, 5) is 2.42. The highest BCUT2D eigenvalue weighted by Gasteiger charge is 2.31. The number of aryl methyl sites for hydroxylation is 1. The molecule has 1 fully saturated rings. The number of rotatable bonds is 4. The molecule has 1 aliphatic heterocycles. The zero-order valence-electron chi connectivity index (χ0n) is 13.7. The maximum Gasteiger partial charge on any atom is 0.126 e. The lowest BCUT2D eigenvalue weighted by atomic mass is 9.80. The summed E-state index contributed by atoms with van der Waals surface area (Å²) >= 11 is 0. The highest BCUT2D eigenvalue weighted by atomic mass is 19.1. The predicted octanol–water partition coefficient (Wildman–Crippen LogP) is 3.93. The van der Waals surface area contributed by atoms with Gasteiger partial charge in [-0.2, -0.15) is 0 Å². The minimum Gasteiger partial charge on any atom is -0.388 e. The fourth-order valence-electron chi connectivity index (χ4n) is 3.03. The lowest BCUT2D eigenvalue weighted by molar-refractivity contribution is 0.144. The third-order valence-corrected chi connectivity index (χ3v) is 4.80. The van der Waals surface area contributed by atoms with Gasteiger partial charge in [-0.05, 0) is 54.8 Å². The predicted molar refractivity (Wildman–Crippen MR) is 84.7 cm³/mol. The van der Waals surface area contributed by atoms with E-state index in [9.17, 15) is 9.50 Å². The van der Waals surface area contributed by atoms with Gasteiger partial charge in [-0.15, -0.1) is 0 Å². The molecule has 0 bridgehead atoms. The van der Waals surface area contributed by atoms with Crippen molar-refractivity contribution in [3.63, 3.8) is 0 Å². The van der Waals surface area contributed by atoms with Crippen LogP contribution in [0, 0.1) is 24.1 Å². The fourth-order valence-corrected chi connectivity index (χ4v) is 3.03. The monoisotopic (exact) mass is 293 g/mol. The number of likely N-dealkylation sites (tertiary alicyclic amines) is 1. The first kappa shape index (κ1) is 16.4. The molecule has 1 aliphatic rings. The van der Waals surface area contributed by atoms with Gasteiger partial charge in [0.15, 0.2) is 0 Å². The summed E-state index contributed by atoms with van der Waals surface area (Å²) < 4.78 is 13.5. The average molecular weight is 293 g/mol. The normalized spacial score (nSPS) is 21.7. The van der Waals surface area contributed by atoms with Crippen LogP contribution in [0.1, 0.15) is 50.8 Å². The molecule has 1 aromatic rings. The third-order valence-electron chi connectivity index (χ3n) is 4.80. The van der Waals surface area contributed by atoms with Crippen LogP contribution in [-0.2, 0) is 0 Å². The zero-order chi connectivity index (χ0) is 15.6. The Morgan fingerprint density at radius 2 is 2.10 bits per heavy atom.